The minimum absolute atomic E-state index is 0.475. The highest BCUT2D eigenvalue weighted by molar-refractivity contribution is 5.38. The molecule has 2 unspecified atom stereocenters. The fourth-order valence-corrected chi connectivity index (χ4v) is 11.0. The van der Waals surface area contributed by atoms with E-state index in [4.69, 9.17) is 0 Å². The van der Waals surface area contributed by atoms with Crippen LogP contribution in [0.15, 0.2) is 11.1 Å². The number of rotatable bonds is 1. The van der Waals surface area contributed by atoms with E-state index in [0.717, 1.165) is 17.8 Å². The highest BCUT2D eigenvalue weighted by Gasteiger charge is 2.66. The molecular formula is C29H48. The lowest BCUT2D eigenvalue weighted by Crippen LogP contribution is -2.62. The fourth-order valence-electron chi connectivity index (χ4n) is 11.0. The third-order valence-electron chi connectivity index (χ3n) is 12.7. The van der Waals surface area contributed by atoms with Gasteiger partial charge in [-0.05, 0) is 109 Å². The van der Waals surface area contributed by atoms with E-state index in [1.165, 1.54) is 77.0 Å². The molecule has 0 heteroatoms. The van der Waals surface area contributed by atoms with Crippen LogP contribution in [0, 0.1) is 44.8 Å². The third kappa shape index (κ3) is 2.39. The first-order chi connectivity index (χ1) is 13.5. The molecule has 5 aliphatic rings. The van der Waals surface area contributed by atoms with Gasteiger partial charge in [-0.15, -0.1) is 0 Å². The van der Waals surface area contributed by atoms with Gasteiger partial charge in [0, 0.05) is 0 Å². The summed E-state index contributed by atoms with van der Waals surface area (Å²) in [6.45, 7) is 18.6. The molecule has 4 fully saturated rings. The maximum Gasteiger partial charge on any atom is -0.00566 e. The van der Waals surface area contributed by atoms with Crippen molar-refractivity contribution in [3.8, 4) is 0 Å². The summed E-state index contributed by atoms with van der Waals surface area (Å²) in [7, 11) is 0. The van der Waals surface area contributed by atoms with E-state index >= 15 is 0 Å². The summed E-state index contributed by atoms with van der Waals surface area (Å²) in [5.74, 6) is 2.84. The molecule has 5 aliphatic carbocycles. The van der Waals surface area contributed by atoms with Gasteiger partial charge >= 0.3 is 0 Å². The topological polar surface area (TPSA) is 0 Å². The molecule has 0 radical (unpaired) electrons. The minimum atomic E-state index is 0.475. The Bertz CT molecular complexity index is 726. The van der Waals surface area contributed by atoms with Crippen LogP contribution in [-0.2, 0) is 0 Å². The Morgan fingerprint density at radius 1 is 0.724 bits per heavy atom. The lowest BCUT2D eigenvalue weighted by Gasteiger charge is -2.70. The van der Waals surface area contributed by atoms with Gasteiger partial charge in [-0.3, -0.25) is 0 Å². The van der Waals surface area contributed by atoms with Crippen LogP contribution in [0.4, 0.5) is 0 Å². The number of hydrogen-bond donors (Lipinski definition) is 0. The van der Waals surface area contributed by atoms with E-state index in [0.29, 0.717) is 27.1 Å². The van der Waals surface area contributed by atoms with Crippen molar-refractivity contribution in [2.45, 2.75) is 126 Å². The Balaban J connectivity index is 1.59. The summed E-state index contributed by atoms with van der Waals surface area (Å²) >= 11 is 0. The molecular weight excluding hydrogens is 348 g/mol. The fraction of sp³-hybridized carbons (Fsp3) is 0.931. The predicted octanol–water partition coefficient (Wildman–Crippen LogP) is 8.95. The maximum absolute atomic E-state index is 2.77. The second kappa shape index (κ2) is 6.16. The maximum atomic E-state index is 2.77. The van der Waals surface area contributed by atoms with Crippen molar-refractivity contribution in [2.75, 3.05) is 0 Å². The molecule has 0 aromatic rings. The Kier molecular flexibility index (Phi) is 4.38. The molecule has 0 aromatic carbocycles. The van der Waals surface area contributed by atoms with Gasteiger partial charge in [0.15, 0.2) is 0 Å². The van der Waals surface area contributed by atoms with Crippen LogP contribution in [0.25, 0.3) is 0 Å². The van der Waals surface area contributed by atoms with Crippen LogP contribution in [0.3, 0.4) is 0 Å². The monoisotopic (exact) mass is 396 g/mol. The van der Waals surface area contributed by atoms with Gasteiger partial charge in [-0.2, -0.15) is 0 Å². The van der Waals surface area contributed by atoms with Gasteiger partial charge in [0.25, 0.3) is 0 Å². The van der Waals surface area contributed by atoms with Gasteiger partial charge in [-0.25, -0.2) is 0 Å². The van der Waals surface area contributed by atoms with Gasteiger partial charge in [0.2, 0.25) is 0 Å². The summed E-state index contributed by atoms with van der Waals surface area (Å²) in [6, 6.07) is 0. The first-order valence-corrected chi connectivity index (χ1v) is 13.3. The Labute approximate surface area is 181 Å². The lowest BCUT2D eigenvalue weighted by atomic mass is 9.34. The van der Waals surface area contributed by atoms with Crippen molar-refractivity contribution in [1.29, 1.82) is 0 Å². The standard InChI is InChI=1S/C29H48/c1-8-20-10-11-21-22-12-13-24-27(5)16-9-15-25(2,3)23(27)14-17-29(24,7)28(22,6)19-18-26(20,21)4/h20,23-24H,8-19H2,1-7H3/t20-,23?,24?,26+,27-,28-,29+/m0/s1. The number of fused-ring (bicyclic) bond motifs is 6. The van der Waals surface area contributed by atoms with Crippen LogP contribution in [0.2, 0.25) is 0 Å². The van der Waals surface area contributed by atoms with Crippen LogP contribution in [-0.4, -0.2) is 0 Å². The average molecular weight is 397 g/mol. The molecule has 0 aliphatic heterocycles. The zero-order valence-electron chi connectivity index (χ0n) is 20.7. The summed E-state index contributed by atoms with van der Waals surface area (Å²) in [5, 5.41) is 0. The van der Waals surface area contributed by atoms with Crippen LogP contribution < -0.4 is 0 Å². The lowest BCUT2D eigenvalue weighted by molar-refractivity contribution is -0.179. The Morgan fingerprint density at radius 2 is 1.45 bits per heavy atom. The average Bonchev–Trinajstić information content (AvgIpc) is 2.98. The predicted molar refractivity (Wildman–Crippen MR) is 125 cm³/mol. The molecule has 0 aromatic heterocycles. The van der Waals surface area contributed by atoms with Gasteiger partial charge in [0.05, 0.1) is 0 Å². The highest BCUT2D eigenvalue weighted by Crippen LogP contribution is 2.75. The molecule has 164 valence electrons. The van der Waals surface area contributed by atoms with E-state index in [2.05, 4.69) is 48.5 Å². The van der Waals surface area contributed by atoms with E-state index in [9.17, 15) is 0 Å². The highest BCUT2D eigenvalue weighted by atomic mass is 14.7. The van der Waals surface area contributed by atoms with E-state index in [1.807, 2.05) is 11.1 Å². The minimum Gasteiger partial charge on any atom is -0.0651 e. The van der Waals surface area contributed by atoms with Crippen molar-refractivity contribution in [3.63, 3.8) is 0 Å². The SMILES string of the molecule is CC[C@H]1CCC2=C3CCC4[C@@]5(C)CCCC(C)(C)C5CC[C@@]4(C)[C@@]3(C)CC[C@@]21C. The van der Waals surface area contributed by atoms with E-state index in [-0.39, 0.29) is 0 Å². The van der Waals surface area contributed by atoms with Crippen molar-refractivity contribution >= 4 is 0 Å². The largest absolute Gasteiger partial charge is 0.0651 e. The molecule has 0 saturated heterocycles. The third-order valence-corrected chi connectivity index (χ3v) is 12.7. The number of hydrogen-bond acceptors (Lipinski definition) is 0. The zero-order valence-corrected chi connectivity index (χ0v) is 20.7. The molecule has 0 nitrogen and oxygen atoms in total. The molecule has 0 heterocycles. The quantitative estimate of drug-likeness (QED) is 0.388. The smallest absolute Gasteiger partial charge is 0.00566 e. The first-order valence-electron chi connectivity index (χ1n) is 13.3. The van der Waals surface area contributed by atoms with E-state index < -0.39 is 0 Å². The first kappa shape index (κ1) is 20.6. The van der Waals surface area contributed by atoms with Crippen molar-refractivity contribution in [2.24, 2.45) is 44.8 Å². The summed E-state index contributed by atoms with van der Waals surface area (Å²) in [4.78, 5) is 0. The zero-order chi connectivity index (χ0) is 20.9. The van der Waals surface area contributed by atoms with Crippen molar-refractivity contribution in [1.82, 2.24) is 0 Å². The normalized spacial score (nSPS) is 53.7. The van der Waals surface area contributed by atoms with Gasteiger partial charge in [-0.1, -0.05) is 72.5 Å². The Morgan fingerprint density at radius 3 is 2.17 bits per heavy atom. The Hall–Kier alpha value is -0.260. The molecule has 29 heavy (non-hydrogen) atoms. The van der Waals surface area contributed by atoms with Gasteiger partial charge < -0.3 is 0 Å². The van der Waals surface area contributed by atoms with Crippen LogP contribution >= 0.6 is 0 Å². The summed E-state index contributed by atoms with van der Waals surface area (Å²) in [6.07, 6.45) is 17.5. The molecule has 0 N–H and O–H groups in total. The molecule has 0 bridgehead atoms. The summed E-state index contributed by atoms with van der Waals surface area (Å²) in [5.41, 5.74) is 6.63. The molecule has 0 spiro atoms. The van der Waals surface area contributed by atoms with E-state index in [1.54, 1.807) is 0 Å². The van der Waals surface area contributed by atoms with Crippen molar-refractivity contribution in [3.05, 3.63) is 11.1 Å². The van der Waals surface area contributed by atoms with Crippen LogP contribution in [0.5, 0.6) is 0 Å². The molecule has 4 saturated carbocycles. The number of allylic oxidation sites excluding steroid dienone is 2. The summed E-state index contributed by atoms with van der Waals surface area (Å²) < 4.78 is 0. The van der Waals surface area contributed by atoms with Crippen molar-refractivity contribution < 1.29 is 0 Å². The second-order valence-corrected chi connectivity index (χ2v) is 13.8. The second-order valence-electron chi connectivity index (χ2n) is 13.8. The molecule has 5 rings (SSSR count). The van der Waals surface area contributed by atoms with Crippen LogP contribution in [0.1, 0.15) is 126 Å². The molecule has 7 atom stereocenters. The van der Waals surface area contributed by atoms with Gasteiger partial charge in [0.1, 0.15) is 0 Å². The molecule has 0 amide bonds.